The van der Waals surface area contributed by atoms with Crippen LogP contribution in [-0.4, -0.2) is 19.0 Å². The molecule has 2 aromatic rings. The first kappa shape index (κ1) is 17.4. The summed E-state index contributed by atoms with van der Waals surface area (Å²) in [4.78, 5) is 14.3. The lowest BCUT2D eigenvalue weighted by molar-refractivity contribution is -0.116. The van der Waals surface area contributed by atoms with Crippen LogP contribution < -0.4 is 10.2 Å². The number of rotatable bonds is 5. The molecule has 0 atom stereocenters. The second-order valence-corrected chi connectivity index (χ2v) is 6.18. The maximum atomic E-state index is 12.6. The van der Waals surface area contributed by atoms with Crippen molar-refractivity contribution in [1.82, 2.24) is 0 Å². The van der Waals surface area contributed by atoms with E-state index < -0.39 is 0 Å². The highest BCUT2D eigenvalue weighted by Gasteiger charge is 2.15. The minimum atomic E-state index is 0.0224. The molecule has 0 saturated heterocycles. The van der Waals surface area contributed by atoms with Crippen LogP contribution in [0.25, 0.3) is 0 Å². The van der Waals surface area contributed by atoms with E-state index in [1.807, 2.05) is 58.0 Å². The smallest absolute Gasteiger partial charge is 0.246 e. The number of carbonyl (C=O) groups is 1. The average Bonchev–Trinajstić information content (AvgIpc) is 2.47. The number of likely N-dealkylation sites (N-methyl/N-ethyl adjacent to an activating group) is 1. The monoisotopic (exact) mass is 330 g/mol. The third kappa shape index (κ3) is 4.26. The van der Waals surface area contributed by atoms with Crippen LogP contribution in [0, 0.1) is 20.8 Å². The van der Waals surface area contributed by atoms with Crippen molar-refractivity contribution in [3.8, 4) is 0 Å². The van der Waals surface area contributed by atoms with Gasteiger partial charge in [-0.25, -0.2) is 0 Å². The van der Waals surface area contributed by atoms with Crippen molar-refractivity contribution < 1.29 is 4.79 Å². The summed E-state index contributed by atoms with van der Waals surface area (Å²) in [7, 11) is 0. The van der Waals surface area contributed by atoms with Gasteiger partial charge in [-0.05, 0) is 62.6 Å². The molecule has 0 aliphatic carbocycles. The van der Waals surface area contributed by atoms with Gasteiger partial charge in [-0.15, -0.1) is 0 Å². The number of aryl methyl sites for hydroxylation is 3. The number of benzene rings is 2. The van der Waals surface area contributed by atoms with Crippen LogP contribution in [0.2, 0.25) is 5.02 Å². The van der Waals surface area contributed by atoms with Gasteiger partial charge in [-0.3, -0.25) is 4.79 Å². The molecule has 122 valence electrons. The van der Waals surface area contributed by atoms with E-state index >= 15 is 0 Å². The second kappa shape index (κ2) is 7.51. The number of amides is 1. The zero-order valence-corrected chi connectivity index (χ0v) is 14.9. The van der Waals surface area contributed by atoms with Gasteiger partial charge in [-0.2, -0.15) is 0 Å². The van der Waals surface area contributed by atoms with E-state index in [1.54, 1.807) is 4.90 Å². The zero-order valence-electron chi connectivity index (χ0n) is 14.1. The van der Waals surface area contributed by atoms with E-state index in [9.17, 15) is 4.79 Å². The summed E-state index contributed by atoms with van der Waals surface area (Å²) >= 11 is 6.28. The Morgan fingerprint density at radius 2 is 1.87 bits per heavy atom. The van der Waals surface area contributed by atoms with Crippen molar-refractivity contribution in [3.63, 3.8) is 0 Å². The fourth-order valence-electron chi connectivity index (χ4n) is 2.70. The van der Waals surface area contributed by atoms with Gasteiger partial charge in [0.25, 0.3) is 0 Å². The fraction of sp³-hybridized carbons (Fsp3) is 0.316. The number of carbonyl (C=O) groups excluding carboxylic acids is 1. The molecule has 0 aromatic heterocycles. The van der Waals surface area contributed by atoms with E-state index in [1.165, 1.54) is 0 Å². The summed E-state index contributed by atoms with van der Waals surface area (Å²) in [5.41, 5.74) is 5.04. The first-order chi connectivity index (χ1) is 10.9. The Morgan fingerprint density at radius 1 is 1.13 bits per heavy atom. The minimum absolute atomic E-state index is 0.0224. The molecule has 0 spiro atoms. The lowest BCUT2D eigenvalue weighted by Crippen LogP contribution is -2.35. The van der Waals surface area contributed by atoms with E-state index in [0.29, 0.717) is 11.6 Å². The van der Waals surface area contributed by atoms with Gasteiger partial charge < -0.3 is 10.2 Å². The van der Waals surface area contributed by atoms with Crippen LogP contribution in [-0.2, 0) is 4.79 Å². The van der Waals surface area contributed by atoms with Gasteiger partial charge in [-0.1, -0.05) is 29.8 Å². The van der Waals surface area contributed by atoms with E-state index in [2.05, 4.69) is 11.4 Å². The summed E-state index contributed by atoms with van der Waals surface area (Å²) in [5, 5.41) is 3.83. The largest absolute Gasteiger partial charge is 0.375 e. The summed E-state index contributed by atoms with van der Waals surface area (Å²) < 4.78 is 0. The standard InChI is InChI=1S/C19H23ClN2O/c1-5-22(16-8-6-7-13(2)10-16)18(23)12-21-19-15(4)9-14(3)11-17(19)20/h6-11,21H,5,12H2,1-4H3. The maximum Gasteiger partial charge on any atom is 0.246 e. The quantitative estimate of drug-likeness (QED) is 0.859. The molecule has 0 heterocycles. The highest BCUT2D eigenvalue weighted by molar-refractivity contribution is 6.33. The average molecular weight is 331 g/mol. The second-order valence-electron chi connectivity index (χ2n) is 5.77. The van der Waals surface area contributed by atoms with Crippen molar-refractivity contribution in [2.45, 2.75) is 27.7 Å². The molecule has 0 radical (unpaired) electrons. The molecule has 1 N–H and O–H groups in total. The molecular weight excluding hydrogens is 308 g/mol. The Morgan fingerprint density at radius 3 is 2.48 bits per heavy atom. The van der Waals surface area contributed by atoms with Crippen molar-refractivity contribution >= 4 is 28.9 Å². The number of anilines is 2. The molecule has 2 aromatic carbocycles. The lowest BCUT2D eigenvalue weighted by Gasteiger charge is -2.22. The van der Waals surface area contributed by atoms with Crippen molar-refractivity contribution in [3.05, 3.63) is 58.1 Å². The number of hydrogen-bond acceptors (Lipinski definition) is 2. The summed E-state index contributed by atoms with van der Waals surface area (Å²) in [6, 6.07) is 11.9. The minimum Gasteiger partial charge on any atom is -0.375 e. The Balaban J connectivity index is 2.12. The van der Waals surface area contributed by atoms with Gasteiger partial charge >= 0.3 is 0 Å². The molecule has 1 amide bonds. The number of hydrogen-bond donors (Lipinski definition) is 1. The fourth-order valence-corrected chi connectivity index (χ4v) is 3.09. The van der Waals surface area contributed by atoms with E-state index in [-0.39, 0.29) is 12.5 Å². The third-order valence-electron chi connectivity index (χ3n) is 3.78. The van der Waals surface area contributed by atoms with Gasteiger partial charge in [0.05, 0.1) is 17.3 Å². The predicted molar refractivity (Wildman–Crippen MR) is 98.6 cm³/mol. The Bertz CT molecular complexity index is 689. The lowest BCUT2D eigenvalue weighted by atomic mass is 10.1. The van der Waals surface area contributed by atoms with Crippen LogP contribution in [0.4, 0.5) is 11.4 Å². The van der Waals surface area contributed by atoms with Gasteiger partial charge in [0.2, 0.25) is 5.91 Å². The highest BCUT2D eigenvalue weighted by Crippen LogP contribution is 2.27. The molecule has 0 aliphatic heterocycles. The Labute approximate surface area is 143 Å². The molecule has 23 heavy (non-hydrogen) atoms. The molecule has 0 unspecified atom stereocenters. The number of halogens is 1. The van der Waals surface area contributed by atoms with E-state index in [0.717, 1.165) is 28.1 Å². The highest BCUT2D eigenvalue weighted by atomic mass is 35.5. The molecule has 0 fully saturated rings. The van der Waals surface area contributed by atoms with Crippen molar-refractivity contribution in [2.24, 2.45) is 0 Å². The van der Waals surface area contributed by atoms with Gasteiger partial charge in [0, 0.05) is 12.2 Å². The number of nitrogens with zero attached hydrogens (tertiary/aromatic N) is 1. The van der Waals surface area contributed by atoms with Crippen molar-refractivity contribution in [1.29, 1.82) is 0 Å². The van der Waals surface area contributed by atoms with Crippen LogP contribution in [0.1, 0.15) is 23.6 Å². The number of nitrogens with one attached hydrogen (secondary N) is 1. The topological polar surface area (TPSA) is 32.3 Å². The zero-order chi connectivity index (χ0) is 17.0. The van der Waals surface area contributed by atoms with Gasteiger partial charge in [0.1, 0.15) is 0 Å². The summed E-state index contributed by atoms with van der Waals surface area (Å²) in [5.74, 6) is 0.0224. The molecule has 4 heteroatoms. The Hall–Kier alpha value is -2.00. The molecule has 3 nitrogen and oxygen atoms in total. The predicted octanol–water partition coefficient (Wildman–Crippen LogP) is 4.73. The summed E-state index contributed by atoms with van der Waals surface area (Å²) in [6.07, 6.45) is 0. The third-order valence-corrected chi connectivity index (χ3v) is 4.08. The molecule has 0 aliphatic rings. The maximum absolute atomic E-state index is 12.6. The first-order valence-corrected chi connectivity index (χ1v) is 8.17. The van der Waals surface area contributed by atoms with E-state index in [4.69, 9.17) is 11.6 Å². The van der Waals surface area contributed by atoms with Crippen LogP contribution in [0.5, 0.6) is 0 Å². The van der Waals surface area contributed by atoms with Crippen LogP contribution >= 0.6 is 11.6 Å². The molecule has 2 rings (SSSR count). The molecule has 0 saturated carbocycles. The SMILES string of the molecule is CCN(C(=O)CNc1c(C)cc(C)cc1Cl)c1cccc(C)c1. The molecule has 0 bridgehead atoms. The van der Waals surface area contributed by atoms with Crippen molar-refractivity contribution in [2.75, 3.05) is 23.3 Å². The summed E-state index contributed by atoms with van der Waals surface area (Å²) in [6.45, 7) is 8.84. The van der Waals surface area contributed by atoms with Crippen LogP contribution in [0.15, 0.2) is 36.4 Å². The van der Waals surface area contributed by atoms with Gasteiger partial charge in [0.15, 0.2) is 0 Å². The normalized spacial score (nSPS) is 10.5. The first-order valence-electron chi connectivity index (χ1n) is 7.80. The Kier molecular flexibility index (Phi) is 5.67. The van der Waals surface area contributed by atoms with Crippen LogP contribution in [0.3, 0.4) is 0 Å². The molecular formula is C19H23ClN2O.